The van der Waals surface area contributed by atoms with Crippen LogP contribution >= 0.6 is 0 Å². The number of carbonyl (C=O) groups excluding carboxylic acids is 1. The lowest BCUT2D eigenvalue weighted by molar-refractivity contribution is -0.121. The molecule has 1 fully saturated rings. The highest BCUT2D eigenvalue weighted by atomic mass is 16.1. The second-order valence-electron chi connectivity index (χ2n) is 6.54. The summed E-state index contributed by atoms with van der Waals surface area (Å²) < 4.78 is 0. The van der Waals surface area contributed by atoms with E-state index in [0.29, 0.717) is 23.9 Å². The average molecular weight is 254 g/mol. The Morgan fingerprint density at radius 3 is 2.78 bits per heavy atom. The topological polar surface area (TPSA) is 41.1 Å². The molecule has 2 atom stereocenters. The van der Waals surface area contributed by atoms with Gasteiger partial charge in [-0.3, -0.25) is 4.79 Å². The molecule has 1 aliphatic rings. The van der Waals surface area contributed by atoms with E-state index in [1.807, 2.05) is 0 Å². The molecule has 18 heavy (non-hydrogen) atoms. The van der Waals surface area contributed by atoms with Crippen LogP contribution < -0.4 is 10.6 Å². The van der Waals surface area contributed by atoms with Crippen LogP contribution in [0, 0.1) is 5.41 Å². The van der Waals surface area contributed by atoms with Crippen LogP contribution in [-0.2, 0) is 4.79 Å². The van der Waals surface area contributed by atoms with Gasteiger partial charge in [-0.2, -0.15) is 0 Å². The maximum atomic E-state index is 11.6. The zero-order chi connectivity index (χ0) is 13.6. The third-order valence-corrected chi connectivity index (χ3v) is 4.01. The van der Waals surface area contributed by atoms with E-state index in [9.17, 15) is 4.79 Å². The van der Waals surface area contributed by atoms with E-state index in [1.165, 1.54) is 25.7 Å². The van der Waals surface area contributed by atoms with Crippen LogP contribution in [0.2, 0.25) is 0 Å². The zero-order valence-corrected chi connectivity index (χ0v) is 12.5. The molecule has 0 aromatic carbocycles. The normalized spacial score (nSPS) is 24.6. The van der Waals surface area contributed by atoms with E-state index < -0.39 is 0 Å². The summed E-state index contributed by atoms with van der Waals surface area (Å²) in [5.41, 5.74) is 0.467. The second-order valence-corrected chi connectivity index (χ2v) is 6.54. The molecule has 1 amide bonds. The van der Waals surface area contributed by atoms with Crippen LogP contribution in [0.25, 0.3) is 0 Å². The molecule has 1 rings (SSSR count). The fourth-order valence-electron chi connectivity index (χ4n) is 2.71. The van der Waals surface area contributed by atoms with Crippen LogP contribution in [0.5, 0.6) is 0 Å². The first-order valence-corrected chi connectivity index (χ1v) is 7.45. The maximum absolute atomic E-state index is 11.6. The predicted octanol–water partition coefficient (Wildman–Crippen LogP) is 2.85. The molecule has 0 aromatic heterocycles. The van der Waals surface area contributed by atoms with Crippen molar-refractivity contribution < 1.29 is 4.79 Å². The minimum atomic E-state index is 0.173. The molecule has 0 saturated heterocycles. The molecule has 1 aliphatic carbocycles. The van der Waals surface area contributed by atoms with Gasteiger partial charge in [0.2, 0.25) is 5.91 Å². The van der Waals surface area contributed by atoms with Crippen molar-refractivity contribution in [1.82, 2.24) is 10.6 Å². The minimum Gasteiger partial charge on any atom is -0.354 e. The first-order chi connectivity index (χ1) is 8.43. The van der Waals surface area contributed by atoms with Gasteiger partial charge < -0.3 is 10.6 Å². The zero-order valence-electron chi connectivity index (χ0n) is 12.5. The van der Waals surface area contributed by atoms with Crippen molar-refractivity contribution in [1.29, 1.82) is 0 Å². The van der Waals surface area contributed by atoms with Gasteiger partial charge >= 0.3 is 0 Å². The molecule has 0 spiro atoms. The number of amides is 1. The summed E-state index contributed by atoms with van der Waals surface area (Å²) in [5, 5.41) is 6.54. The van der Waals surface area contributed by atoms with Crippen molar-refractivity contribution in [3.05, 3.63) is 0 Å². The number of hydrogen-bond donors (Lipinski definition) is 2. The van der Waals surface area contributed by atoms with Gasteiger partial charge in [0.25, 0.3) is 0 Å². The van der Waals surface area contributed by atoms with Gasteiger partial charge in [0, 0.05) is 25.0 Å². The first-order valence-electron chi connectivity index (χ1n) is 7.45. The fraction of sp³-hybridized carbons (Fsp3) is 0.933. The van der Waals surface area contributed by atoms with Crippen molar-refractivity contribution in [3.8, 4) is 0 Å². The molecule has 106 valence electrons. The Hall–Kier alpha value is -0.570. The summed E-state index contributed by atoms with van der Waals surface area (Å²) in [6, 6.07) is 0.899. The molecular formula is C15H30N2O. The summed E-state index contributed by atoms with van der Waals surface area (Å²) in [7, 11) is 0. The molecule has 0 aliphatic heterocycles. The lowest BCUT2D eigenvalue weighted by Gasteiger charge is -2.35. The third kappa shape index (κ3) is 5.85. The predicted molar refractivity (Wildman–Crippen MR) is 76.6 cm³/mol. The van der Waals surface area contributed by atoms with Gasteiger partial charge in [0.1, 0.15) is 0 Å². The summed E-state index contributed by atoms with van der Waals surface area (Å²) in [5.74, 6) is 0.173. The number of hydrogen-bond acceptors (Lipinski definition) is 2. The van der Waals surface area contributed by atoms with Crippen molar-refractivity contribution in [3.63, 3.8) is 0 Å². The number of nitrogens with one attached hydrogen (secondary N) is 2. The highest BCUT2D eigenvalue weighted by molar-refractivity contribution is 5.76. The summed E-state index contributed by atoms with van der Waals surface area (Å²) >= 11 is 0. The van der Waals surface area contributed by atoms with Crippen LogP contribution in [0.4, 0.5) is 0 Å². The first kappa shape index (κ1) is 15.5. The van der Waals surface area contributed by atoms with E-state index in [-0.39, 0.29) is 5.91 Å². The van der Waals surface area contributed by atoms with E-state index in [2.05, 4.69) is 38.3 Å². The Bertz CT molecular complexity index is 263. The van der Waals surface area contributed by atoms with Gasteiger partial charge in [-0.05, 0) is 38.0 Å². The summed E-state index contributed by atoms with van der Waals surface area (Å²) in [6.45, 7) is 9.64. The SMILES string of the molecule is CCC(C)NC(=O)CCNC1CCCC(C)(C)C1. The largest absolute Gasteiger partial charge is 0.354 e. The Labute approximate surface area is 112 Å². The number of rotatable bonds is 6. The fourth-order valence-corrected chi connectivity index (χ4v) is 2.71. The molecule has 3 nitrogen and oxygen atoms in total. The maximum Gasteiger partial charge on any atom is 0.221 e. The Morgan fingerprint density at radius 1 is 1.44 bits per heavy atom. The molecule has 2 N–H and O–H groups in total. The van der Waals surface area contributed by atoms with Gasteiger partial charge in [-0.25, -0.2) is 0 Å². The number of carbonyl (C=O) groups is 1. The van der Waals surface area contributed by atoms with Crippen LogP contribution in [0.1, 0.15) is 66.2 Å². The monoisotopic (exact) mass is 254 g/mol. The highest BCUT2D eigenvalue weighted by Gasteiger charge is 2.27. The van der Waals surface area contributed by atoms with Gasteiger partial charge in [-0.1, -0.05) is 27.2 Å². The van der Waals surface area contributed by atoms with Gasteiger partial charge in [0.15, 0.2) is 0 Å². The summed E-state index contributed by atoms with van der Waals surface area (Å²) in [4.78, 5) is 11.6. The average Bonchev–Trinajstić information content (AvgIpc) is 2.27. The van der Waals surface area contributed by atoms with Crippen molar-refractivity contribution in [2.24, 2.45) is 5.41 Å². The molecule has 1 saturated carbocycles. The Balaban J connectivity index is 2.15. The van der Waals surface area contributed by atoms with Crippen LogP contribution in [0.15, 0.2) is 0 Å². The molecular weight excluding hydrogens is 224 g/mol. The standard InChI is InChI=1S/C15H30N2O/c1-5-12(2)17-14(18)8-10-16-13-7-6-9-15(3,4)11-13/h12-13,16H,5-11H2,1-4H3,(H,17,18). The molecule has 0 heterocycles. The van der Waals surface area contributed by atoms with E-state index in [0.717, 1.165) is 13.0 Å². The minimum absolute atomic E-state index is 0.173. The van der Waals surface area contributed by atoms with Gasteiger partial charge in [0.05, 0.1) is 0 Å². The molecule has 2 unspecified atom stereocenters. The quantitative estimate of drug-likeness (QED) is 0.765. The van der Waals surface area contributed by atoms with Crippen LogP contribution in [0.3, 0.4) is 0 Å². The lowest BCUT2D eigenvalue weighted by Crippen LogP contribution is -2.40. The molecule has 0 bridgehead atoms. The highest BCUT2D eigenvalue weighted by Crippen LogP contribution is 2.34. The van der Waals surface area contributed by atoms with E-state index >= 15 is 0 Å². The molecule has 0 radical (unpaired) electrons. The van der Waals surface area contributed by atoms with Crippen molar-refractivity contribution >= 4 is 5.91 Å². The molecule has 0 aromatic rings. The van der Waals surface area contributed by atoms with Crippen molar-refractivity contribution in [2.75, 3.05) is 6.54 Å². The van der Waals surface area contributed by atoms with Crippen molar-refractivity contribution in [2.45, 2.75) is 78.3 Å². The van der Waals surface area contributed by atoms with Gasteiger partial charge in [-0.15, -0.1) is 0 Å². The smallest absolute Gasteiger partial charge is 0.221 e. The van der Waals surface area contributed by atoms with E-state index in [4.69, 9.17) is 0 Å². The second kappa shape index (κ2) is 7.13. The third-order valence-electron chi connectivity index (χ3n) is 4.01. The summed E-state index contributed by atoms with van der Waals surface area (Å²) in [6.07, 6.45) is 6.73. The van der Waals surface area contributed by atoms with E-state index in [1.54, 1.807) is 0 Å². The van der Waals surface area contributed by atoms with Crippen LogP contribution in [-0.4, -0.2) is 24.5 Å². The lowest BCUT2D eigenvalue weighted by atomic mass is 9.75. The Morgan fingerprint density at radius 2 is 2.17 bits per heavy atom. The molecule has 3 heteroatoms. The Kier molecular flexibility index (Phi) is 6.13.